The van der Waals surface area contributed by atoms with Crippen molar-refractivity contribution in [1.29, 1.82) is 0 Å². The normalized spacial score (nSPS) is 16.1. The second kappa shape index (κ2) is 8.41. The van der Waals surface area contributed by atoms with Gasteiger partial charge in [-0.3, -0.25) is 0 Å². The lowest BCUT2D eigenvalue weighted by atomic mass is 9.86. The second-order valence-electron chi connectivity index (χ2n) is 9.78. The Labute approximate surface area is 196 Å². The summed E-state index contributed by atoms with van der Waals surface area (Å²) in [6.07, 6.45) is 3.65. The highest BCUT2D eigenvalue weighted by molar-refractivity contribution is 7.19. The van der Waals surface area contributed by atoms with Crippen molar-refractivity contribution in [2.24, 2.45) is 5.92 Å². The number of aromatic nitrogens is 1. The van der Waals surface area contributed by atoms with Crippen LogP contribution in [0.5, 0.6) is 0 Å². The number of benzene rings is 2. The second-order valence-corrected chi connectivity index (χ2v) is 10.9. The third-order valence-corrected chi connectivity index (χ3v) is 7.55. The van der Waals surface area contributed by atoms with Crippen molar-refractivity contribution in [3.05, 3.63) is 76.7 Å². The van der Waals surface area contributed by atoms with Crippen LogP contribution in [0.2, 0.25) is 0 Å². The molecule has 160 valence electrons. The van der Waals surface area contributed by atoms with Gasteiger partial charge in [0.25, 0.3) is 0 Å². The molecule has 0 saturated carbocycles. The van der Waals surface area contributed by atoms with Crippen molar-refractivity contribution < 1.29 is 0 Å². The van der Waals surface area contributed by atoms with Crippen molar-refractivity contribution in [1.82, 2.24) is 4.98 Å². The van der Waals surface area contributed by atoms with Crippen molar-refractivity contribution in [2.75, 3.05) is 0 Å². The Morgan fingerprint density at radius 3 is 2.32 bits per heavy atom. The predicted octanol–water partition coefficient (Wildman–Crippen LogP) is 8.47. The molecule has 2 aromatic carbocycles. The summed E-state index contributed by atoms with van der Waals surface area (Å²) in [5.74, 6) is 0.773. The Bertz CT molecular complexity index is 1200. The highest BCUT2D eigenvalue weighted by atomic mass is 35.5. The zero-order valence-corrected chi connectivity index (χ0v) is 20.4. The maximum absolute atomic E-state index is 5.17. The topological polar surface area (TPSA) is 12.9 Å². The number of rotatable bonds is 2. The predicted molar refractivity (Wildman–Crippen MR) is 138 cm³/mol. The highest BCUT2D eigenvalue weighted by Crippen LogP contribution is 2.43. The van der Waals surface area contributed by atoms with E-state index in [0.717, 1.165) is 11.6 Å². The number of thiophene rings is 1. The first-order valence-electron chi connectivity index (χ1n) is 11.0. The molecule has 1 aliphatic carbocycles. The Balaban J connectivity index is 0.00000231. The van der Waals surface area contributed by atoms with Crippen LogP contribution in [0.3, 0.4) is 0 Å². The molecule has 31 heavy (non-hydrogen) atoms. The number of aryl methyl sites for hydroxylation is 1. The Hall–Kier alpha value is -2.16. The van der Waals surface area contributed by atoms with Gasteiger partial charge in [0.05, 0.1) is 5.69 Å². The summed E-state index contributed by atoms with van der Waals surface area (Å²) in [5, 5.41) is 1.39. The van der Waals surface area contributed by atoms with E-state index in [1.165, 1.54) is 51.7 Å². The van der Waals surface area contributed by atoms with Gasteiger partial charge in [0.1, 0.15) is 4.83 Å². The fourth-order valence-corrected chi connectivity index (χ4v) is 5.99. The average Bonchev–Trinajstić information content (AvgIpc) is 3.10. The third-order valence-electron chi connectivity index (χ3n) is 6.40. The van der Waals surface area contributed by atoms with E-state index >= 15 is 0 Å². The molecule has 5 rings (SSSR count). The van der Waals surface area contributed by atoms with Crippen molar-refractivity contribution in [3.63, 3.8) is 0 Å². The van der Waals surface area contributed by atoms with E-state index in [4.69, 9.17) is 4.98 Å². The molecule has 3 heteroatoms. The average molecular weight is 448 g/mol. The van der Waals surface area contributed by atoms with Gasteiger partial charge in [-0.15, -0.1) is 23.7 Å². The van der Waals surface area contributed by atoms with Gasteiger partial charge in [-0.1, -0.05) is 82.3 Å². The first-order valence-corrected chi connectivity index (χ1v) is 11.8. The fraction of sp³-hybridized carbons (Fsp3) is 0.321. The van der Waals surface area contributed by atoms with Crippen LogP contribution in [-0.2, 0) is 18.3 Å². The molecule has 0 radical (unpaired) electrons. The van der Waals surface area contributed by atoms with Crippen LogP contribution in [-0.4, -0.2) is 4.98 Å². The Morgan fingerprint density at radius 2 is 1.65 bits per heavy atom. The van der Waals surface area contributed by atoms with Crippen LogP contribution >= 0.6 is 23.7 Å². The van der Waals surface area contributed by atoms with Crippen molar-refractivity contribution in [2.45, 2.75) is 52.4 Å². The van der Waals surface area contributed by atoms with Crippen LogP contribution < -0.4 is 0 Å². The summed E-state index contributed by atoms with van der Waals surface area (Å²) in [7, 11) is 0. The van der Waals surface area contributed by atoms with Gasteiger partial charge in [0.15, 0.2) is 0 Å². The molecule has 0 N–H and O–H groups in total. The first kappa shape index (κ1) is 22.0. The number of fused-ring (bicyclic) bond motifs is 3. The molecule has 2 heterocycles. The number of hydrogen-bond donors (Lipinski definition) is 0. The minimum Gasteiger partial charge on any atom is -0.237 e. The quantitative estimate of drug-likeness (QED) is 0.300. The molecule has 0 bridgehead atoms. The van der Waals surface area contributed by atoms with Crippen molar-refractivity contribution in [3.8, 4) is 22.4 Å². The van der Waals surface area contributed by atoms with Crippen LogP contribution in [0.4, 0.5) is 0 Å². The zero-order chi connectivity index (χ0) is 20.9. The molecular formula is C28H30ClNS. The summed E-state index contributed by atoms with van der Waals surface area (Å²) in [5.41, 5.74) is 7.97. The lowest BCUT2D eigenvalue weighted by molar-refractivity contribution is 0.509. The van der Waals surface area contributed by atoms with E-state index in [2.05, 4.69) is 88.4 Å². The van der Waals surface area contributed by atoms with Gasteiger partial charge in [0.2, 0.25) is 0 Å². The molecule has 4 aromatic rings. The van der Waals surface area contributed by atoms with E-state index in [1.807, 2.05) is 11.3 Å². The molecule has 1 aliphatic rings. The van der Waals surface area contributed by atoms with E-state index < -0.39 is 0 Å². The summed E-state index contributed by atoms with van der Waals surface area (Å²) >= 11 is 1.92. The lowest BCUT2D eigenvalue weighted by Crippen LogP contribution is -2.10. The molecular weight excluding hydrogens is 418 g/mol. The standard InChI is InChI=1S/C28H29NS.ClH/c1-18-10-15-22-25(16-18)30-27-26(22)23(19-8-6-5-7-9-19)17-24(29-27)20-11-13-21(14-12-20)28(2,3)4;/h5-9,11-14,17-18H,10,15-16H2,1-4H3;1H. The minimum atomic E-state index is 0. The maximum Gasteiger partial charge on any atom is 0.125 e. The van der Waals surface area contributed by atoms with Crippen LogP contribution in [0.15, 0.2) is 60.7 Å². The maximum atomic E-state index is 5.17. The van der Waals surface area contributed by atoms with Crippen LogP contribution in [0, 0.1) is 5.92 Å². The summed E-state index contributed by atoms with van der Waals surface area (Å²) in [4.78, 5) is 7.92. The van der Waals surface area contributed by atoms with E-state index in [1.54, 1.807) is 10.4 Å². The van der Waals surface area contributed by atoms with Gasteiger partial charge in [-0.05, 0) is 58.9 Å². The Morgan fingerprint density at radius 1 is 0.935 bits per heavy atom. The molecule has 0 amide bonds. The molecule has 0 spiro atoms. The van der Waals surface area contributed by atoms with Gasteiger partial charge in [-0.2, -0.15) is 0 Å². The molecule has 1 nitrogen and oxygen atoms in total. The van der Waals surface area contributed by atoms with Gasteiger partial charge < -0.3 is 0 Å². The summed E-state index contributed by atoms with van der Waals surface area (Å²) in [6.45, 7) is 9.16. The van der Waals surface area contributed by atoms with E-state index in [-0.39, 0.29) is 17.8 Å². The molecule has 0 fully saturated rings. The minimum absolute atomic E-state index is 0. The molecule has 1 unspecified atom stereocenters. The largest absolute Gasteiger partial charge is 0.237 e. The number of hydrogen-bond acceptors (Lipinski definition) is 2. The van der Waals surface area contributed by atoms with Crippen LogP contribution in [0.1, 0.15) is 50.1 Å². The monoisotopic (exact) mass is 447 g/mol. The number of halogens is 1. The number of nitrogens with zero attached hydrogens (tertiary/aromatic N) is 1. The highest BCUT2D eigenvalue weighted by Gasteiger charge is 2.24. The fourth-order valence-electron chi connectivity index (χ4n) is 4.58. The first-order chi connectivity index (χ1) is 14.4. The number of pyridine rings is 1. The lowest BCUT2D eigenvalue weighted by Gasteiger charge is -2.19. The van der Waals surface area contributed by atoms with E-state index in [0.29, 0.717) is 0 Å². The third kappa shape index (κ3) is 4.16. The molecule has 0 aliphatic heterocycles. The van der Waals surface area contributed by atoms with Gasteiger partial charge >= 0.3 is 0 Å². The Kier molecular flexibility index (Phi) is 5.98. The summed E-state index contributed by atoms with van der Waals surface area (Å²) in [6, 6.07) is 22.1. The summed E-state index contributed by atoms with van der Waals surface area (Å²) < 4.78 is 0. The molecule has 1 atom stereocenters. The SMILES string of the molecule is CC1CCc2c(sc3nc(-c4ccc(C(C)(C)C)cc4)cc(-c4ccccc4)c23)C1.Cl. The zero-order valence-electron chi connectivity index (χ0n) is 18.7. The van der Waals surface area contributed by atoms with Gasteiger partial charge in [-0.25, -0.2) is 4.98 Å². The smallest absolute Gasteiger partial charge is 0.125 e. The van der Waals surface area contributed by atoms with Crippen LogP contribution in [0.25, 0.3) is 32.6 Å². The van der Waals surface area contributed by atoms with E-state index in [9.17, 15) is 0 Å². The van der Waals surface area contributed by atoms with Gasteiger partial charge in [0, 0.05) is 15.8 Å². The molecule has 2 aromatic heterocycles. The van der Waals surface area contributed by atoms with Crippen molar-refractivity contribution >= 4 is 34.0 Å². The molecule has 0 saturated heterocycles.